The number of benzene rings is 2. The van der Waals surface area contributed by atoms with Crippen LogP contribution in [-0.4, -0.2) is 28.1 Å². The van der Waals surface area contributed by atoms with E-state index in [1.54, 1.807) is 0 Å². The lowest BCUT2D eigenvalue weighted by Crippen LogP contribution is -2.43. The average molecular weight is 313 g/mol. The number of carboxylic acid groups (broad SMARTS) is 1. The zero-order valence-electron chi connectivity index (χ0n) is 12.9. The second-order valence-corrected chi connectivity index (χ2v) is 5.17. The summed E-state index contributed by atoms with van der Waals surface area (Å²) < 4.78 is 5.26. The highest BCUT2D eigenvalue weighted by atomic mass is 16.6. The predicted molar refractivity (Wildman–Crippen MR) is 85.7 cm³/mol. The van der Waals surface area contributed by atoms with E-state index < -0.39 is 18.1 Å². The number of rotatable bonds is 6. The quantitative estimate of drug-likeness (QED) is 0.888. The van der Waals surface area contributed by atoms with E-state index in [0.29, 0.717) is 0 Å². The fourth-order valence-corrected chi connectivity index (χ4v) is 2.08. The van der Waals surface area contributed by atoms with Gasteiger partial charge in [0, 0.05) is 6.54 Å². The highest BCUT2D eigenvalue weighted by Gasteiger charge is 2.27. The van der Waals surface area contributed by atoms with Gasteiger partial charge in [0.25, 0.3) is 0 Å². The Morgan fingerprint density at radius 1 is 1.00 bits per heavy atom. The smallest absolute Gasteiger partial charge is 0.411 e. The fraction of sp³-hybridized carbons (Fsp3) is 0.222. The van der Waals surface area contributed by atoms with E-state index in [4.69, 9.17) is 4.74 Å². The third-order valence-corrected chi connectivity index (χ3v) is 3.46. The maximum atomic E-state index is 12.3. The van der Waals surface area contributed by atoms with E-state index in [1.807, 2.05) is 60.7 Å². The molecule has 0 fully saturated rings. The van der Waals surface area contributed by atoms with Crippen LogP contribution >= 0.6 is 0 Å². The molecule has 1 N–H and O–H groups in total. The molecule has 0 aliphatic heterocycles. The van der Waals surface area contributed by atoms with Gasteiger partial charge in [-0.2, -0.15) is 0 Å². The summed E-state index contributed by atoms with van der Waals surface area (Å²) in [6.45, 7) is 1.76. The first-order valence-corrected chi connectivity index (χ1v) is 7.32. The molecule has 120 valence electrons. The highest BCUT2D eigenvalue weighted by Crippen LogP contribution is 2.12. The molecule has 0 bridgehead atoms. The normalized spacial score (nSPS) is 11.5. The Balaban J connectivity index is 2.06. The van der Waals surface area contributed by atoms with Gasteiger partial charge in [-0.3, -0.25) is 4.90 Å². The second kappa shape index (κ2) is 7.98. The second-order valence-electron chi connectivity index (χ2n) is 5.17. The molecular formula is C18H19NO4. The molecule has 1 amide bonds. The number of carboxylic acids is 1. The largest absolute Gasteiger partial charge is 0.480 e. The van der Waals surface area contributed by atoms with Crippen LogP contribution in [0.5, 0.6) is 0 Å². The van der Waals surface area contributed by atoms with Crippen molar-refractivity contribution in [2.24, 2.45) is 0 Å². The zero-order chi connectivity index (χ0) is 16.7. The van der Waals surface area contributed by atoms with Crippen LogP contribution in [0.1, 0.15) is 18.1 Å². The van der Waals surface area contributed by atoms with Crippen LogP contribution in [0.25, 0.3) is 0 Å². The number of aliphatic carboxylic acids is 1. The molecule has 0 unspecified atom stereocenters. The summed E-state index contributed by atoms with van der Waals surface area (Å²) in [4.78, 5) is 24.8. The Morgan fingerprint density at radius 2 is 1.52 bits per heavy atom. The summed E-state index contributed by atoms with van der Waals surface area (Å²) in [5.41, 5.74) is 1.70. The topological polar surface area (TPSA) is 66.8 Å². The summed E-state index contributed by atoms with van der Waals surface area (Å²) in [5, 5.41) is 9.22. The molecule has 1 atom stereocenters. The first kappa shape index (κ1) is 16.5. The summed E-state index contributed by atoms with van der Waals surface area (Å²) in [7, 11) is 0. The van der Waals surface area contributed by atoms with Gasteiger partial charge in [0.15, 0.2) is 0 Å². The molecule has 0 aliphatic carbocycles. The zero-order valence-corrected chi connectivity index (χ0v) is 12.9. The molecule has 0 aromatic heterocycles. The van der Waals surface area contributed by atoms with Gasteiger partial charge in [0.1, 0.15) is 12.6 Å². The summed E-state index contributed by atoms with van der Waals surface area (Å²) in [5.74, 6) is -1.07. The molecule has 5 nitrogen and oxygen atoms in total. The molecule has 0 radical (unpaired) electrons. The maximum absolute atomic E-state index is 12.3. The molecule has 2 aromatic carbocycles. The van der Waals surface area contributed by atoms with E-state index in [1.165, 1.54) is 11.8 Å². The molecule has 2 aromatic rings. The maximum Gasteiger partial charge on any atom is 0.411 e. The first-order valence-electron chi connectivity index (χ1n) is 7.32. The molecule has 23 heavy (non-hydrogen) atoms. The van der Waals surface area contributed by atoms with Gasteiger partial charge in [0.2, 0.25) is 0 Å². The lowest BCUT2D eigenvalue weighted by Gasteiger charge is -2.25. The number of amides is 1. The Bertz CT molecular complexity index is 643. The number of hydrogen-bond donors (Lipinski definition) is 1. The highest BCUT2D eigenvalue weighted by molar-refractivity contribution is 5.79. The molecule has 2 rings (SSSR count). The van der Waals surface area contributed by atoms with Crippen molar-refractivity contribution in [2.75, 3.05) is 0 Å². The van der Waals surface area contributed by atoms with Crippen molar-refractivity contribution >= 4 is 12.1 Å². The van der Waals surface area contributed by atoms with Crippen molar-refractivity contribution in [1.29, 1.82) is 0 Å². The van der Waals surface area contributed by atoms with Crippen molar-refractivity contribution < 1.29 is 19.4 Å². The minimum Gasteiger partial charge on any atom is -0.480 e. The van der Waals surface area contributed by atoms with Crippen LogP contribution in [0.15, 0.2) is 60.7 Å². The molecule has 0 spiro atoms. The van der Waals surface area contributed by atoms with E-state index in [0.717, 1.165) is 11.1 Å². The average Bonchev–Trinajstić information content (AvgIpc) is 2.58. The number of carbonyl (C=O) groups excluding carboxylic acids is 1. The molecule has 5 heteroatoms. The lowest BCUT2D eigenvalue weighted by atomic mass is 10.2. The Hall–Kier alpha value is -2.82. The number of hydrogen-bond acceptors (Lipinski definition) is 3. The van der Waals surface area contributed by atoms with Crippen LogP contribution in [0.3, 0.4) is 0 Å². The van der Waals surface area contributed by atoms with Crippen LogP contribution in [0.4, 0.5) is 4.79 Å². The summed E-state index contributed by atoms with van der Waals surface area (Å²) >= 11 is 0. The molecule has 0 aliphatic rings. The van der Waals surface area contributed by atoms with E-state index in [-0.39, 0.29) is 13.2 Å². The fourth-order valence-electron chi connectivity index (χ4n) is 2.08. The van der Waals surface area contributed by atoms with Crippen molar-refractivity contribution in [3.05, 3.63) is 71.8 Å². The van der Waals surface area contributed by atoms with Gasteiger partial charge in [-0.05, 0) is 18.1 Å². The van der Waals surface area contributed by atoms with Crippen LogP contribution < -0.4 is 0 Å². The van der Waals surface area contributed by atoms with Crippen LogP contribution in [0, 0.1) is 0 Å². The third-order valence-electron chi connectivity index (χ3n) is 3.46. The van der Waals surface area contributed by atoms with E-state index in [2.05, 4.69) is 0 Å². The van der Waals surface area contributed by atoms with Crippen molar-refractivity contribution in [2.45, 2.75) is 26.1 Å². The van der Waals surface area contributed by atoms with Crippen molar-refractivity contribution in [3.63, 3.8) is 0 Å². The summed E-state index contributed by atoms with van der Waals surface area (Å²) in [6.07, 6.45) is -0.646. The number of nitrogens with zero attached hydrogens (tertiary/aromatic N) is 1. The Kier molecular flexibility index (Phi) is 5.74. The lowest BCUT2D eigenvalue weighted by molar-refractivity contribution is -0.142. The molecule has 0 saturated heterocycles. The van der Waals surface area contributed by atoms with Gasteiger partial charge in [0.05, 0.1) is 0 Å². The van der Waals surface area contributed by atoms with Gasteiger partial charge in [-0.25, -0.2) is 9.59 Å². The molecule has 0 saturated carbocycles. The van der Waals surface area contributed by atoms with E-state index >= 15 is 0 Å². The van der Waals surface area contributed by atoms with E-state index in [9.17, 15) is 14.7 Å². The number of carbonyl (C=O) groups is 2. The monoisotopic (exact) mass is 313 g/mol. The van der Waals surface area contributed by atoms with Crippen molar-refractivity contribution in [3.8, 4) is 0 Å². The van der Waals surface area contributed by atoms with Crippen LogP contribution in [0.2, 0.25) is 0 Å². The molecular weight excluding hydrogens is 294 g/mol. The number of ether oxygens (including phenoxy) is 1. The third kappa shape index (κ3) is 4.85. The minimum atomic E-state index is -1.07. The SMILES string of the molecule is C[C@@H](C(=O)O)N(Cc1ccccc1)C(=O)OCc1ccccc1. The van der Waals surface area contributed by atoms with Gasteiger partial charge >= 0.3 is 12.1 Å². The standard InChI is InChI=1S/C18H19NO4/c1-14(17(20)21)19(12-15-8-4-2-5-9-15)18(22)23-13-16-10-6-3-7-11-16/h2-11,14H,12-13H2,1H3,(H,20,21)/t14-/m0/s1. The van der Waals surface area contributed by atoms with Crippen LogP contribution in [-0.2, 0) is 22.7 Å². The van der Waals surface area contributed by atoms with Gasteiger partial charge in [-0.1, -0.05) is 60.7 Å². The van der Waals surface area contributed by atoms with Gasteiger partial charge < -0.3 is 9.84 Å². The Morgan fingerprint density at radius 3 is 2.04 bits per heavy atom. The van der Waals surface area contributed by atoms with Crippen molar-refractivity contribution in [1.82, 2.24) is 4.90 Å². The molecule has 0 heterocycles. The van der Waals surface area contributed by atoms with Gasteiger partial charge in [-0.15, -0.1) is 0 Å². The predicted octanol–water partition coefficient (Wildman–Crippen LogP) is 3.30. The minimum absolute atomic E-state index is 0.108. The first-order chi connectivity index (χ1) is 11.1. The summed E-state index contributed by atoms with van der Waals surface area (Å²) in [6, 6.07) is 17.5. The Labute approximate surface area is 135 Å².